The van der Waals surface area contributed by atoms with E-state index in [2.05, 4.69) is 205 Å². The summed E-state index contributed by atoms with van der Waals surface area (Å²) in [4.78, 5) is 2.46. The van der Waals surface area contributed by atoms with Gasteiger partial charge in [-0.2, -0.15) is 0 Å². The van der Waals surface area contributed by atoms with Gasteiger partial charge in [0.15, 0.2) is 0 Å². The van der Waals surface area contributed by atoms with Crippen molar-refractivity contribution in [2.24, 2.45) is 0 Å². The third kappa shape index (κ3) is 3.80. The first kappa shape index (κ1) is 29.6. The molecule has 11 rings (SSSR count). The van der Waals surface area contributed by atoms with Crippen molar-refractivity contribution in [3.63, 3.8) is 0 Å². The Morgan fingerprint density at radius 3 is 1.44 bits per heavy atom. The van der Waals surface area contributed by atoms with Gasteiger partial charge >= 0.3 is 308 Å². The van der Waals surface area contributed by atoms with Crippen LogP contribution >= 0.6 is 0 Å². The summed E-state index contributed by atoms with van der Waals surface area (Å²) in [7, 11) is 0. The minimum atomic E-state index is -3.50. The zero-order valence-corrected chi connectivity index (χ0v) is 30.5. The Labute approximate surface area is 306 Å². The zero-order chi connectivity index (χ0) is 34.3. The zero-order valence-electron chi connectivity index (χ0n) is 28.4. The van der Waals surface area contributed by atoms with Crippen molar-refractivity contribution in [2.45, 2.75) is 5.41 Å². The predicted octanol–water partition coefficient (Wildman–Crippen LogP) is 9.32. The van der Waals surface area contributed by atoms with Crippen LogP contribution in [0, 0.1) is 0 Å². The van der Waals surface area contributed by atoms with E-state index in [1.807, 2.05) is 0 Å². The van der Waals surface area contributed by atoms with Crippen LogP contribution in [-0.4, -0.2) is 13.3 Å². The topological polar surface area (TPSA) is 12.5 Å². The van der Waals surface area contributed by atoms with E-state index in [0.717, 1.165) is 17.2 Å². The normalized spacial score (nSPS) is 15.0. The number of anilines is 3. The molecule has 3 heteroatoms. The Morgan fingerprint density at radius 2 is 0.846 bits per heavy atom. The van der Waals surface area contributed by atoms with Crippen molar-refractivity contribution in [3.05, 3.63) is 222 Å². The van der Waals surface area contributed by atoms with Crippen LogP contribution in [-0.2, 0) is 5.41 Å². The van der Waals surface area contributed by atoms with E-state index in [-0.39, 0.29) is 0 Å². The van der Waals surface area contributed by atoms with E-state index in [9.17, 15) is 0 Å². The molecule has 0 bridgehead atoms. The van der Waals surface area contributed by atoms with Crippen molar-refractivity contribution >= 4 is 47.9 Å². The van der Waals surface area contributed by atoms with Crippen LogP contribution in [0.2, 0.25) is 0 Å². The predicted molar refractivity (Wildman–Crippen MR) is 216 cm³/mol. The molecular formula is C49H33GeNO. The number of hydrogen-bond donors (Lipinski definition) is 0. The Balaban J connectivity index is 1.18. The second kappa shape index (κ2) is 11.2. The first-order chi connectivity index (χ1) is 25.8. The summed E-state index contributed by atoms with van der Waals surface area (Å²) in [6.07, 6.45) is 0. The van der Waals surface area contributed by atoms with Gasteiger partial charge in [-0.1, -0.05) is 0 Å². The van der Waals surface area contributed by atoms with E-state index in [0.29, 0.717) is 0 Å². The summed E-state index contributed by atoms with van der Waals surface area (Å²) in [5, 5.41) is 0. The number of rotatable bonds is 3. The molecular weight excluding hydrogens is 691 g/mol. The number of benzene rings is 8. The third-order valence-electron chi connectivity index (χ3n) is 11.6. The molecule has 0 unspecified atom stereocenters. The molecule has 8 aromatic rings. The number of hydrogen-bond acceptors (Lipinski definition) is 2. The van der Waals surface area contributed by atoms with Gasteiger partial charge in [0.1, 0.15) is 0 Å². The molecule has 0 N–H and O–H groups in total. The number of para-hydroxylation sites is 3. The number of ether oxygens (including phenoxy) is 1. The second-order valence-electron chi connectivity index (χ2n) is 14.0. The average molecular weight is 724 g/mol. The molecule has 2 heterocycles. The minimum absolute atomic E-state index is 0.439. The van der Waals surface area contributed by atoms with E-state index >= 15 is 0 Å². The maximum atomic E-state index is 6.99. The average Bonchev–Trinajstić information content (AvgIpc) is 3.51. The van der Waals surface area contributed by atoms with Crippen LogP contribution in [0.5, 0.6) is 11.5 Å². The van der Waals surface area contributed by atoms with Crippen molar-refractivity contribution in [1.82, 2.24) is 0 Å². The van der Waals surface area contributed by atoms with Crippen LogP contribution in [0.25, 0.3) is 11.1 Å². The quantitative estimate of drug-likeness (QED) is 0.169. The van der Waals surface area contributed by atoms with Gasteiger partial charge in [0.25, 0.3) is 0 Å². The summed E-state index contributed by atoms with van der Waals surface area (Å²) in [6, 6.07) is 74.1. The van der Waals surface area contributed by atoms with E-state index in [1.54, 1.807) is 0 Å². The molecule has 0 aromatic heterocycles. The van der Waals surface area contributed by atoms with Crippen molar-refractivity contribution < 1.29 is 4.74 Å². The molecule has 0 radical (unpaired) electrons. The van der Waals surface area contributed by atoms with Crippen LogP contribution in [0.4, 0.5) is 17.1 Å². The molecule has 2 nitrogen and oxygen atoms in total. The van der Waals surface area contributed by atoms with Crippen molar-refractivity contribution in [1.29, 1.82) is 0 Å². The summed E-state index contributed by atoms with van der Waals surface area (Å²) in [5.74, 6) is 1.90. The molecule has 0 saturated heterocycles. The van der Waals surface area contributed by atoms with E-state index < -0.39 is 18.7 Å². The fraction of sp³-hybridized carbons (Fsp3) is 0.0204. The van der Waals surface area contributed by atoms with Crippen LogP contribution in [0.15, 0.2) is 200 Å². The van der Waals surface area contributed by atoms with Gasteiger partial charge in [0.05, 0.1) is 0 Å². The fourth-order valence-corrected chi connectivity index (χ4v) is 20.0. The van der Waals surface area contributed by atoms with Gasteiger partial charge in [0.2, 0.25) is 0 Å². The first-order valence-corrected chi connectivity index (χ1v) is 22.2. The van der Waals surface area contributed by atoms with Crippen molar-refractivity contribution in [3.8, 4) is 22.6 Å². The molecule has 3 aliphatic rings. The Morgan fingerprint density at radius 1 is 0.385 bits per heavy atom. The molecule has 1 aliphatic carbocycles. The molecule has 0 atom stereocenters. The SMILES string of the molecule is c1cc[c]([Ge]2([c]3ccccc3)[c]3ccccc3Oc3cc(N4c5ccccc5C5(c6ccccc6-c6ccccc65)c5ccccc54)cc[c]32)cc1. The Bertz CT molecular complexity index is 2550. The number of nitrogens with zero attached hydrogens (tertiary/aromatic N) is 1. The summed E-state index contributed by atoms with van der Waals surface area (Å²) >= 11 is -3.50. The molecule has 1 spiro atoms. The fourth-order valence-electron chi connectivity index (χ4n) is 9.68. The van der Waals surface area contributed by atoms with Gasteiger partial charge in [-0.05, 0) is 0 Å². The maximum absolute atomic E-state index is 6.99. The molecule has 8 aromatic carbocycles. The first-order valence-electron chi connectivity index (χ1n) is 18.0. The Hall–Kier alpha value is -6.10. The van der Waals surface area contributed by atoms with E-state index in [1.165, 1.54) is 62.3 Å². The standard InChI is InChI=1S/C49H33GeNO/c1-3-17-34(18-4-1)50(35-19-5-2-6-20-35)43-27-13-16-30-47(43)52-48-33-36(31-32-44(48)50)51-45-28-14-11-25-41(45)49(42-26-12-15-29-46(42)51)39-23-9-7-21-37(39)38-22-8-10-24-40(38)49/h1-33H. The molecule has 52 heavy (non-hydrogen) atoms. The van der Waals surface area contributed by atoms with Gasteiger partial charge in [-0.25, -0.2) is 0 Å². The van der Waals surface area contributed by atoms with E-state index in [4.69, 9.17) is 4.74 Å². The van der Waals surface area contributed by atoms with Gasteiger partial charge in [-0.3, -0.25) is 0 Å². The van der Waals surface area contributed by atoms with Crippen LogP contribution < -0.4 is 27.2 Å². The molecule has 2 aliphatic heterocycles. The molecule has 244 valence electrons. The number of fused-ring (bicyclic) bond motifs is 11. The third-order valence-corrected chi connectivity index (χ3v) is 21.8. The van der Waals surface area contributed by atoms with Gasteiger partial charge in [-0.15, -0.1) is 0 Å². The molecule has 0 fully saturated rings. The molecule has 0 saturated carbocycles. The van der Waals surface area contributed by atoms with Crippen molar-refractivity contribution in [2.75, 3.05) is 4.90 Å². The Kier molecular flexibility index (Phi) is 6.38. The van der Waals surface area contributed by atoms with Gasteiger partial charge in [0, 0.05) is 0 Å². The monoisotopic (exact) mass is 725 g/mol. The van der Waals surface area contributed by atoms with Crippen LogP contribution in [0.3, 0.4) is 0 Å². The molecule has 0 amide bonds. The van der Waals surface area contributed by atoms with Crippen LogP contribution in [0.1, 0.15) is 22.3 Å². The summed E-state index contributed by atoms with van der Waals surface area (Å²) in [5.41, 5.74) is 10.9. The second-order valence-corrected chi connectivity index (χ2v) is 21.8. The summed E-state index contributed by atoms with van der Waals surface area (Å²) in [6.45, 7) is 0. The van der Waals surface area contributed by atoms with Gasteiger partial charge < -0.3 is 0 Å². The summed E-state index contributed by atoms with van der Waals surface area (Å²) < 4.78 is 12.4.